The number of hydrogen-bond acceptors (Lipinski definition) is 10. The second kappa shape index (κ2) is 10.9. The molecule has 1 N–H and O–H groups in total. The number of rotatable bonds is 8. The molecule has 0 spiro atoms. The molecule has 0 atom stereocenters. The average molecular weight is 513 g/mol. The Kier molecular flexibility index (Phi) is 7.95. The van der Waals surface area contributed by atoms with Gasteiger partial charge in [-0.1, -0.05) is 24.3 Å². The summed E-state index contributed by atoms with van der Waals surface area (Å²) in [5, 5.41) is 10.7. The minimum absolute atomic E-state index is 0.0591. The van der Waals surface area contributed by atoms with Crippen molar-refractivity contribution >= 4 is 44.5 Å². The van der Waals surface area contributed by atoms with Gasteiger partial charge in [0, 0.05) is 11.5 Å². The van der Waals surface area contributed by atoms with Gasteiger partial charge >= 0.3 is 5.97 Å². The molecule has 3 rings (SSSR count). The van der Waals surface area contributed by atoms with Crippen molar-refractivity contribution < 1.29 is 27.5 Å². The van der Waals surface area contributed by atoms with Crippen LogP contribution in [-0.4, -0.2) is 42.0 Å². The SMILES string of the molecule is COc1cc(C=C(C#N)C(=O)Nc2nc(S(=O)(=O)C(C)C)ns2)ccc1OC(=O)c1ccccc1. The zero-order valence-electron chi connectivity index (χ0n) is 18.9. The van der Waals surface area contributed by atoms with Gasteiger partial charge in [0.1, 0.15) is 11.6 Å². The summed E-state index contributed by atoms with van der Waals surface area (Å²) in [5.74, 6) is -0.988. The van der Waals surface area contributed by atoms with Gasteiger partial charge in [-0.05, 0) is 49.8 Å². The number of ether oxygens (including phenoxy) is 2. The highest BCUT2D eigenvalue weighted by atomic mass is 32.2. The number of nitrogens with zero attached hydrogens (tertiary/aromatic N) is 3. The summed E-state index contributed by atoms with van der Waals surface area (Å²) in [4.78, 5) is 28.7. The highest BCUT2D eigenvalue weighted by molar-refractivity contribution is 7.91. The fraction of sp³-hybridized carbons (Fsp3) is 0.174. The van der Waals surface area contributed by atoms with Gasteiger partial charge in [-0.3, -0.25) is 10.1 Å². The molecule has 0 saturated heterocycles. The van der Waals surface area contributed by atoms with Gasteiger partial charge in [0.25, 0.3) is 11.1 Å². The molecular weight excluding hydrogens is 492 g/mol. The summed E-state index contributed by atoms with van der Waals surface area (Å²) in [5.41, 5.74) is 0.515. The number of anilines is 1. The minimum Gasteiger partial charge on any atom is -0.493 e. The predicted octanol–water partition coefficient (Wildman–Crippen LogP) is 3.49. The first-order chi connectivity index (χ1) is 16.6. The zero-order chi connectivity index (χ0) is 25.6. The number of hydrogen-bond donors (Lipinski definition) is 1. The normalized spacial score (nSPS) is 11.6. The monoisotopic (exact) mass is 512 g/mol. The van der Waals surface area contributed by atoms with Gasteiger partial charge in [0.15, 0.2) is 11.5 Å². The maximum absolute atomic E-state index is 12.6. The first-order valence-electron chi connectivity index (χ1n) is 10.1. The standard InChI is InChI=1S/C23H20N4O6S2/c1-14(2)35(30,31)23-26-22(34-27-23)25-20(28)17(13-24)11-15-9-10-18(19(12-15)32-3)33-21(29)16-7-5-4-6-8-16/h4-12,14H,1-3H3,(H,25,26,27,28). The number of amides is 1. The second-order valence-electron chi connectivity index (χ2n) is 7.27. The molecule has 0 radical (unpaired) electrons. The number of benzene rings is 2. The molecule has 0 unspecified atom stereocenters. The smallest absolute Gasteiger partial charge is 0.343 e. The first kappa shape index (κ1) is 25.5. The van der Waals surface area contributed by atoms with E-state index in [1.165, 1.54) is 39.2 Å². The highest BCUT2D eigenvalue weighted by Gasteiger charge is 2.25. The first-order valence-corrected chi connectivity index (χ1v) is 12.4. The van der Waals surface area contributed by atoms with Gasteiger partial charge in [0.2, 0.25) is 15.0 Å². The molecule has 0 aliphatic rings. The maximum Gasteiger partial charge on any atom is 0.343 e. The van der Waals surface area contributed by atoms with E-state index in [1.807, 2.05) is 0 Å². The van der Waals surface area contributed by atoms with Crippen molar-refractivity contribution in [2.75, 3.05) is 12.4 Å². The molecule has 0 bridgehead atoms. The number of sulfone groups is 1. The van der Waals surface area contributed by atoms with E-state index in [1.54, 1.807) is 42.5 Å². The van der Waals surface area contributed by atoms with Gasteiger partial charge in [-0.25, -0.2) is 13.2 Å². The van der Waals surface area contributed by atoms with Crippen molar-refractivity contribution in [3.05, 3.63) is 65.2 Å². The Hall–Kier alpha value is -4.08. The van der Waals surface area contributed by atoms with E-state index >= 15 is 0 Å². The minimum atomic E-state index is -3.70. The maximum atomic E-state index is 12.6. The van der Waals surface area contributed by atoms with Gasteiger partial charge in [-0.2, -0.15) is 14.6 Å². The van der Waals surface area contributed by atoms with Gasteiger partial charge in [0.05, 0.1) is 17.9 Å². The van der Waals surface area contributed by atoms with E-state index in [0.29, 0.717) is 22.7 Å². The summed E-state index contributed by atoms with van der Waals surface area (Å²) in [6, 6.07) is 14.7. The van der Waals surface area contributed by atoms with Crippen molar-refractivity contribution in [3.8, 4) is 17.6 Å². The number of nitrogens with one attached hydrogen (secondary N) is 1. The molecule has 10 nitrogen and oxygen atoms in total. The quantitative estimate of drug-likeness (QED) is 0.207. The van der Waals surface area contributed by atoms with Crippen LogP contribution in [0.25, 0.3) is 6.08 Å². The Morgan fingerprint density at radius 3 is 2.49 bits per heavy atom. The van der Waals surface area contributed by atoms with Crippen LogP contribution >= 0.6 is 11.5 Å². The molecule has 0 saturated carbocycles. The fourth-order valence-corrected chi connectivity index (χ4v) is 4.35. The van der Waals surface area contributed by atoms with Crippen LogP contribution in [0, 0.1) is 11.3 Å². The largest absolute Gasteiger partial charge is 0.493 e. The Labute approximate surface area is 205 Å². The van der Waals surface area contributed by atoms with Crippen LogP contribution in [0.15, 0.2) is 59.3 Å². The molecule has 0 aliphatic heterocycles. The molecule has 35 heavy (non-hydrogen) atoms. The lowest BCUT2D eigenvalue weighted by Gasteiger charge is -2.10. The predicted molar refractivity (Wildman–Crippen MR) is 129 cm³/mol. The number of esters is 1. The average Bonchev–Trinajstić information content (AvgIpc) is 3.32. The summed E-state index contributed by atoms with van der Waals surface area (Å²) in [6.07, 6.45) is 1.30. The molecule has 1 amide bonds. The van der Waals surface area contributed by atoms with Crippen LogP contribution < -0.4 is 14.8 Å². The van der Waals surface area contributed by atoms with Crippen molar-refractivity contribution in [3.63, 3.8) is 0 Å². The fourth-order valence-electron chi connectivity index (χ4n) is 2.66. The lowest BCUT2D eigenvalue weighted by molar-refractivity contribution is -0.112. The summed E-state index contributed by atoms with van der Waals surface area (Å²) in [7, 11) is -2.31. The highest BCUT2D eigenvalue weighted by Crippen LogP contribution is 2.30. The van der Waals surface area contributed by atoms with Crippen LogP contribution in [0.1, 0.15) is 29.8 Å². The van der Waals surface area contributed by atoms with Crippen LogP contribution in [0.2, 0.25) is 0 Å². The number of aromatic nitrogens is 2. The van der Waals surface area contributed by atoms with E-state index in [4.69, 9.17) is 9.47 Å². The molecule has 0 aliphatic carbocycles. The number of methoxy groups -OCH3 is 1. The molecular formula is C23H20N4O6S2. The number of nitriles is 1. The van der Waals surface area contributed by atoms with Crippen LogP contribution in [0.5, 0.6) is 11.5 Å². The topological polar surface area (TPSA) is 148 Å². The Balaban J connectivity index is 1.78. The lowest BCUT2D eigenvalue weighted by atomic mass is 10.1. The van der Waals surface area contributed by atoms with E-state index in [2.05, 4.69) is 14.7 Å². The number of carbonyl (C=O) groups excluding carboxylic acids is 2. The third-order valence-corrected chi connectivity index (χ3v) is 7.26. The zero-order valence-corrected chi connectivity index (χ0v) is 20.5. The second-order valence-corrected chi connectivity index (χ2v) is 10.4. The molecule has 180 valence electrons. The third-order valence-electron chi connectivity index (χ3n) is 4.58. The van der Waals surface area contributed by atoms with E-state index < -0.39 is 27.0 Å². The molecule has 3 aromatic rings. The summed E-state index contributed by atoms with van der Waals surface area (Å²) in [6.45, 7) is 2.99. The van der Waals surface area contributed by atoms with Crippen molar-refractivity contribution in [2.24, 2.45) is 0 Å². The van der Waals surface area contributed by atoms with Gasteiger partial charge in [-0.15, -0.1) is 0 Å². The van der Waals surface area contributed by atoms with Gasteiger partial charge < -0.3 is 9.47 Å². The van der Waals surface area contributed by atoms with E-state index in [0.717, 1.165) is 0 Å². The molecule has 2 aromatic carbocycles. The summed E-state index contributed by atoms with van der Waals surface area (Å²) >= 11 is 0.691. The van der Waals surface area contributed by atoms with Crippen LogP contribution in [-0.2, 0) is 14.6 Å². The van der Waals surface area contributed by atoms with E-state index in [-0.39, 0.29) is 27.4 Å². The summed E-state index contributed by atoms with van der Waals surface area (Å²) < 4.78 is 38.8. The molecule has 1 heterocycles. The molecule has 1 aromatic heterocycles. The molecule has 0 fully saturated rings. The van der Waals surface area contributed by atoms with Crippen LogP contribution in [0.3, 0.4) is 0 Å². The van der Waals surface area contributed by atoms with Crippen molar-refractivity contribution in [1.29, 1.82) is 5.26 Å². The Bertz CT molecular complexity index is 1420. The Morgan fingerprint density at radius 2 is 1.86 bits per heavy atom. The van der Waals surface area contributed by atoms with Crippen molar-refractivity contribution in [2.45, 2.75) is 24.3 Å². The molecule has 12 heteroatoms. The van der Waals surface area contributed by atoms with Crippen LogP contribution in [0.4, 0.5) is 5.13 Å². The van der Waals surface area contributed by atoms with Crippen molar-refractivity contribution in [1.82, 2.24) is 9.36 Å². The third kappa shape index (κ3) is 6.08. The Morgan fingerprint density at radius 1 is 1.14 bits per heavy atom. The number of carbonyl (C=O) groups is 2. The lowest BCUT2D eigenvalue weighted by Crippen LogP contribution is -2.16. The van der Waals surface area contributed by atoms with E-state index in [9.17, 15) is 23.3 Å².